The van der Waals surface area contributed by atoms with E-state index < -0.39 is 0 Å². The minimum absolute atomic E-state index is 0.192. The zero-order valence-corrected chi connectivity index (χ0v) is 7.36. The second kappa shape index (κ2) is 2.73. The van der Waals surface area contributed by atoms with E-state index in [1.54, 1.807) is 4.90 Å². The van der Waals surface area contributed by atoms with Crippen molar-refractivity contribution in [3.8, 4) is 0 Å². The van der Waals surface area contributed by atoms with E-state index in [9.17, 15) is 4.79 Å². The fourth-order valence-corrected chi connectivity index (χ4v) is 1.72. The van der Waals surface area contributed by atoms with Gasteiger partial charge in [0.15, 0.2) is 0 Å². The highest BCUT2D eigenvalue weighted by atomic mass is 16.3. The second-order valence-electron chi connectivity index (χ2n) is 4.02. The molecule has 1 saturated carbocycles. The Balaban J connectivity index is 1.83. The third kappa shape index (κ3) is 1.33. The maximum atomic E-state index is 11.6. The zero-order chi connectivity index (χ0) is 8.72. The summed E-state index contributed by atoms with van der Waals surface area (Å²) in [4.78, 5) is 13.3. The van der Waals surface area contributed by atoms with Gasteiger partial charge in [-0.2, -0.15) is 0 Å². The van der Waals surface area contributed by atoms with Crippen LogP contribution < -0.4 is 0 Å². The van der Waals surface area contributed by atoms with Crippen molar-refractivity contribution in [3.05, 3.63) is 0 Å². The SMILES string of the molecule is CC(C(=O)N1CC(O)C1)C1CC1. The summed E-state index contributed by atoms with van der Waals surface area (Å²) in [5.74, 6) is 1.07. The lowest BCUT2D eigenvalue weighted by Gasteiger charge is -2.37. The number of carbonyl (C=O) groups is 1. The third-order valence-corrected chi connectivity index (χ3v) is 2.89. The number of β-amino-alcohol motifs (C(OH)–C–C–N with tert-alkyl or cyclic N) is 1. The van der Waals surface area contributed by atoms with Gasteiger partial charge < -0.3 is 10.0 Å². The third-order valence-electron chi connectivity index (χ3n) is 2.89. The fraction of sp³-hybridized carbons (Fsp3) is 0.889. The van der Waals surface area contributed by atoms with Crippen LogP contribution in [-0.4, -0.2) is 35.1 Å². The van der Waals surface area contributed by atoms with Gasteiger partial charge in [0.1, 0.15) is 0 Å². The molecule has 1 atom stereocenters. The molecule has 1 heterocycles. The molecule has 12 heavy (non-hydrogen) atoms. The molecule has 3 heteroatoms. The van der Waals surface area contributed by atoms with Crippen LogP contribution >= 0.6 is 0 Å². The molecule has 2 fully saturated rings. The average Bonchev–Trinajstić information content (AvgIpc) is 2.78. The van der Waals surface area contributed by atoms with Crippen molar-refractivity contribution in [1.82, 2.24) is 4.90 Å². The Hall–Kier alpha value is -0.570. The number of likely N-dealkylation sites (tertiary alicyclic amines) is 1. The Morgan fingerprint density at radius 2 is 2.08 bits per heavy atom. The average molecular weight is 169 g/mol. The Kier molecular flexibility index (Phi) is 1.83. The molecule has 0 aromatic carbocycles. The van der Waals surface area contributed by atoms with Crippen LogP contribution in [0.2, 0.25) is 0 Å². The Bertz CT molecular complexity index is 195. The van der Waals surface area contributed by atoms with Gasteiger partial charge >= 0.3 is 0 Å². The Morgan fingerprint density at radius 3 is 2.50 bits per heavy atom. The molecule has 0 aromatic heterocycles. The molecule has 1 saturated heterocycles. The van der Waals surface area contributed by atoms with Crippen molar-refractivity contribution in [2.45, 2.75) is 25.9 Å². The van der Waals surface area contributed by atoms with E-state index >= 15 is 0 Å². The standard InChI is InChI=1S/C9H15NO2/c1-6(7-2-3-7)9(12)10-4-8(11)5-10/h6-8,11H,2-5H2,1H3. The fourth-order valence-electron chi connectivity index (χ4n) is 1.72. The van der Waals surface area contributed by atoms with Crippen molar-refractivity contribution < 1.29 is 9.90 Å². The van der Waals surface area contributed by atoms with Crippen LogP contribution in [0.25, 0.3) is 0 Å². The van der Waals surface area contributed by atoms with Crippen LogP contribution in [0.5, 0.6) is 0 Å². The van der Waals surface area contributed by atoms with Crippen LogP contribution in [0.15, 0.2) is 0 Å². The van der Waals surface area contributed by atoms with E-state index in [1.165, 1.54) is 12.8 Å². The minimum atomic E-state index is -0.264. The summed E-state index contributed by atoms with van der Waals surface area (Å²) in [5.41, 5.74) is 0. The minimum Gasteiger partial charge on any atom is -0.389 e. The second-order valence-corrected chi connectivity index (χ2v) is 4.02. The normalized spacial score (nSPS) is 26.7. The molecule has 1 aliphatic heterocycles. The lowest BCUT2D eigenvalue weighted by Crippen LogP contribution is -2.55. The monoisotopic (exact) mass is 169 g/mol. The Labute approximate surface area is 72.4 Å². The smallest absolute Gasteiger partial charge is 0.225 e. The molecule has 1 unspecified atom stereocenters. The molecule has 1 aliphatic carbocycles. The first-order chi connectivity index (χ1) is 5.68. The van der Waals surface area contributed by atoms with E-state index in [-0.39, 0.29) is 17.9 Å². The predicted octanol–water partition coefficient (Wildman–Crippen LogP) is 0.236. The predicted molar refractivity (Wildman–Crippen MR) is 44.5 cm³/mol. The molecule has 0 bridgehead atoms. The summed E-state index contributed by atoms with van der Waals surface area (Å²) in [5, 5.41) is 9.01. The first-order valence-electron chi connectivity index (χ1n) is 4.65. The molecule has 0 spiro atoms. The summed E-state index contributed by atoms with van der Waals surface area (Å²) >= 11 is 0. The van der Waals surface area contributed by atoms with Crippen LogP contribution in [-0.2, 0) is 4.79 Å². The van der Waals surface area contributed by atoms with Crippen molar-refractivity contribution >= 4 is 5.91 Å². The molecule has 2 aliphatic rings. The van der Waals surface area contributed by atoms with Gasteiger partial charge in [0.25, 0.3) is 0 Å². The van der Waals surface area contributed by atoms with E-state index in [4.69, 9.17) is 5.11 Å². The van der Waals surface area contributed by atoms with E-state index in [2.05, 4.69) is 0 Å². The number of nitrogens with zero attached hydrogens (tertiary/aromatic N) is 1. The zero-order valence-electron chi connectivity index (χ0n) is 7.36. The lowest BCUT2D eigenvalue weighted by atomic mass is 10.0. The van der Waals surface area contributed by atoms with Crippen LogP contribution in [0.1, 0.15) is 19.8 Å². The highest BCUT2D eigenvalue weighted by molar-refractivity contribution is 5.80. The van der Waals surface area contributed by atoms with Gasteiger partial charge in [0.2, 0.25) is 5.91 Å². The number of aliphatic hydroxyl groups excluding tert-OH is 1. The molecule has 0 radical (unpaired) electrons. The molecule has 3 nitrogen and oxygen atoms in total. The van der Waals surface area contributed by atoms with Gasteiger partial charge in [-0.15, -0.1) is 0 Å². The number of aliphatic hydroxyl groups is 1. The summed E-state index contributed by atoms with van der Waals surface area (Å²) in [6.45, 7) is 3.11. The number of hydrogen-bond acceptors (Lipinski definition) is 2. The van der Waals surface area contributed by atoms with Gasteiger partial charge in [-0.25, -0.2) is 0 Å². The molecule has 0 aromatic rings. The van der Waals surface area contributed by atoms with E-state index in [0.717, 1.165) is 0 Å². The maximum absolute atomic E-state index is 11.6. The van der Waals surface area contributed by atoms with Crippen molar-refractivity contribution in [2.24, 2.45) is 11.8 Å². The molecule has 1 N–H and O–H groups in total. The number of amides is 1. The highest BCUT2D eigenvalue weighted by Crippen LogP contribution is 2.37. The summed E-state index contributed by atoms with van der Waals surface area (Å²) in [6, 6.07) is 0. The van der Waals surface area contributed by atoms with Gasteiger partial charge in [-0.1, -0.05) is 6.92 Å². The molecular weight excluding hydrogens is 154 g/mol. The van der Waals surface area contributed by atoms with Crippen LogP contribution in [0, 0.1) is 11.8 Å². The lowest BCUT2D eigenvalue weighted by molar-refractivity contribution is -0.145. The number of rotatable bonds is 2. The van der Waals surface area contributed by atoms with Gasteiger partial charge in [-0.3, -0.25) is 4.79 Å². The van der Waals surface area contributed by atoms with E-state index in [1.807, 2.05) is 6.92 Å². The van der Waals surface area contributed by atoms with Gasteiger partial charge in [-0.05, 0) is 18.8 Å². The van der Waals surface area contributed by atoms with E-state index in [0.29, 0.717) is 19.0 Å². The van der Waals surface area contributed by atoms with Crippen LogP contribution in [0.4, 0.5) is 0 Å². The van der Waals surface area contributed by atoms with Crippen molar-refractivity contribution in [3.63, 3.8) is 0 Å². The first-order valence-corrected chi connectivity index (χ1v) is 4.65. The summed E-state index contributed by atoms with van der Waals surface area (Å²) in [6.07, 6.45) is 2.16. The maximum Gasteiger partial charge on any atom is 0.225 e. The topological polar surface area (TPSA) is 40.5 Å². The molecule has 1 amide bonds. The van der Waals surface area contributed by atoms with Gasteiger partial charge in [0, 0.05) is 19.0 Å². The highest BCUT2D eigenvalue weighted by Gasteiger charge is 2.38. The summed E-state index contributed by atoms with van der Waals surface area (Å²) < 4.78 is 0. The quantitative estimate of drug-likeness (QED) is 0.643. The number of hydrogen-bond donors (Lipinski definition) is 1. The number of carbonyl (C=O) groups excluding carboxylic acids is 1. The first kappa shape index (κ1) is 8.05. The summed E-state index contributed by atoms with van der Waals surface area (Å²) in [7, 11) is 0. The molecular formula is C9H15NO2. The molecule has 2 rings (SSSR count). The largest absolute Gasteiger partial charge is 0.389 e. The van der Waals surface area contributed by atoms with Gasteiger partial charge in [0.05, 0.1) is 6.10 Å². The Morgan fingerprint density at radius 1 is 1.50 bits per heavy atom. The van der Waals surface area contributed by atoms with Crippen molar-refractivity contribution in [2.75, 3.05) is 13.1 Å². The molecule has 68 valence electrons. The van der Waals surface area contributed by atoms with Crippen LogP contribution in [0.3, 0.4) is 0 Å². The van der Waals surface area contributed by atoms with Crippen molar-refractivity contribution in [1.29, 1.82) is 0 Å².